The van der Waals surface area contributed by atoms with Gasteiger partial charge in [-0.2, -0.15) is 0 Å². The van der Waals surface area contributed by atoms with Gasteiger partial charge >= 0.3 is 0 Å². The lowest BCUT2D eigenvalue weighted by Gasteiger charge is -2.46. The third-order valence-corrected chi connectivity index (χ3v) is 5.42. The summed E-state index contributed by atoms with van der Waals surface area (Å²) in [4.78, 5) is 0. The molecule has 1 unspecified atom stereocenters. The normalized spacial score (nSPS) is 21.8. The number of aliphatic hydroxyl groups excluding tert-OH is 1. The fourth-order valence-electron chi connectivity index (χ4n) is 3.28. The Bertz CT molecular complexity index is 492. The zero-order valence-corrected chi connectivity index (χ0v) is 13.9. The average Bonchev–Trinajstić information content (AvgIpc) is 2.47. The predicted octanol–water partition coefficient (Wildman–Crippen LogP) is 3.93. The van der Waals surface area contributed by atoms with Crippen molar-refractivity contribution in [2.75, 3.05) is 13.7 Å². The molecule has 0 aliphatic heterocycles. The fourth-order valence-corrected chi connectivity index (χ4v) is 3.55. The van der Waals surface area contributed by atoms with Crippen LogP contribution in [-0.2, 0) is 0 Å². The van der Waals surface area contributed by atoms with Crippen molar-refractivity contribution in [3.8, 4) is 5.75 Å². The van der Waals surface area contributed by atoms with Crippen molar-refractivity contribution in [3.63, 3.8) is 0 Å². The Balaban J connectivity index is 2.36. The molecule has 3 N–H and O–H groups in total. The van der Waals surface area contributed by atoms with E-state index in [1.807, 2.05) is 12.1 Å². The summed E-state index contributed by atoms with van der Waals surface area (Å²) >= 11 is 6.32. The lowest BCUT2D eigenvalue weighted by atomic mass is 9.62. The van der Waals surface area contributed by atoms with Gasteiger partial charge in [-0.1, -0.05) is 31.5 Å². The van der Waals surface area contributed by atoms with Crippen LogP contribution in [0.5, 0.6) is 5.75 Å². The highest BCUT2D eigenvalue weighted by Crippen LogP contribution is 2.52. The highest BCUT2D eigenvalue weighted by atomic mass is 35.5. The molecule has 1 aromatic rings. The van der Waals surface area contributed by atoms with Crippen molar-refractivity contribution in [2.45, 2.75) is 45.6 Å². The van der Waals surface area contributed by atoms with Crippen molar-refractivity contribution in [1.29, 1.82) is 0 Å². The zero-order valence-electron chi connectivity index (χ0n) is 13.2. The summed E-state index contributed by atoms with van der Waals surface area (Å²) in [5.74, 6) is 0.632. The third kappa shape index (κ3) is 3.20. The first-order chi connectivity index (χ1) is 9.85. The predicted molar refractivity (Wildman–Crippen MR) is 86.7 cm³/mol. The molecule has 1 fully saturated rings. The Labute approximate surface area is 132 Å². The molecule has 2 rings (SSSR count). The largest absolute Gasteiger partial charge is 0.496 e. The molecule has 0 spiro atoms. The lowest BCUT2D eigenvalue weighted by Crippen LogP contribution is -2.42. The van der Waals surface area contributed by atoms with Crippen LogP contribution in [0.4, 0.5) is 0 Å². The Morgan fingerprint density at radius 3 is 2.43 bits per heavy atom. The van der Waals surface area contributed by atoms with Gasteiger partial charge in [-0.15, -0.1) is 0 Å². The van der Waals surface area contributed by atoms with Crippen LogP contribution in [0.25, 0.3) is 0 Å². The van der Waals surface area contributed by atoms with E-state index in [0.717, 1.165) is 25.7 Å². The summed E-state index contributed by atoms with van der Waals surface area (Å²) in [6, 6.07) is 5.46. The van der Waals surface area contributed by atoms with Crippen LogP contribution in [0, 0.1) is 10.8 Å². The zero-order chi connectivity index (χ0) is 15.7. The highest BCUT2D eigenvalue weighted by molar-refractivity contribution is 6.31. The molecule has 1 saturated carbocycles. The minimum atomic E-state index is -0.692. The van der Waals surface area contributed by atoms with Crippen molar-refractivity contribution in [2.24, 2.45) is 16.6 Å². The molecular weight excluding hydrogens is 286 g/mol. The first-order valence-corrected chi connectivity index (χ1v) is 7.93. The van der Waals surface area contributed by atoms with E-state index in [-0.39, 0.29) is 5.41 Å². The average molecular weight is 312 g/mol. The molecule has 21 heavy (non-hydrogen) atoms. The van der Waals surface area contributed by atoms with Crippen molar-refractivity contribution in [3.05, 3.63) is 28.8 Å². The Morgan fingerprint density at radius 1 is 1.29 bits per heavy atom. The Hall–Kier alpha value is -0.770. The van der Waals surface area contributed by atoms with E-state index in [1.54, 1.807) is 13.2 Å². The fraction of sp³-hybridized carbons (Fsp3) is 0.647. The van der Waals surface area contributed by atoms with Crippen LogP contribution in [0.3, 0.4) is 0 Å². The van der Waals surface area contributed by atoms with Crippen LogP contribution in [-0.4, -0.2) is 18.8 Å². The number of benzene rings is 1. The molecule has 0 saturated heterocycles. The minimum Gasteiger partial charge on any atom is -0.496 e. The summed E-state index contributed by atoms with van der Waals surface area (Å²) in [5, 5.41) is 11.6. The molecule has 0 radical (unpaired) electrons. The van der Waals surface area contributed by atoms with E-state index < -0.39 is 6.10 Å². The van der Waals surface area contributed by atoms with Crippen LogP contribution < -0.4 is 10.5 Å². The monoisotopic (exact) mass is 311 g/mol. The number of hydrogen-bond acceptors (Lipinski definition) is 3. The standard InChI is InChI=1S/C17H26ClNO2/c1-16(2)7-9-17(11-19,10-8-16)15(20)14-12(18)5-4-6-13(14)21-3/h4-6,15,20H,7-11,19H2,1-3H3. The first-order valence-electron chi connectivity index (χ1n) is 7.56. The SMILES string of the molecule is COc1cccc(Cl)c1C(O)C1(CN)CCC(C)(C)CC1. The lowest BCUT2D eigenvalue weighted by molar-refractivity contribution is -0.0245. The number of ether oxygens (including phenoxy) is 1. The van der Waals surface area contributed by atoms with Gasteiger partial charge in [-0.3, -0.25) is 0 Å². The smallest absolute Gasteiger partial charge is 0.126 e. The van der Waals surface area contributed by atoms with Crippen molar-refractivity contribution < 1.29 is 9.84 Å². The van der Waals surface area contributed by atoms with Gasteiger partial charge < -0.3 is 15.6 Å². The molecule has 1 aromatic carbocycles. The van der Waals surface area contributed by atoms with E-state index in [4.69, 9.17) is 22.1 Å². The maximum atomic E-state index is 11.0. The van der Waals surface area contributed by atoms with Gasteiger partial charge in [0.05, 0.1) is 18.2 Å². The van der Waals surface area contributed by atoms with Gasteiger partial charge in [0.15, 0.2) is 0 Å². The maximum Gasteiger partial charge on any atom is 0.126 e. The molecule has 4 heteroatoms. The number of halogens is 1. The molecular formula is C17H26ClNO2. The van der Waals surface area contributed by atoms with E-state index in [1.165, 1.54) is 0 Å². The van der Waals surface area contributed by atoms with Gasteiger partial charge in [-0.05, 0) is 43.2 Å². The third-order valence-electron chi connectivity index (χ3n) is 5.09. The van der Waals surface area contributed by atoms with Crippen LogP contribution in [0.15, 0.2) is 18.2 Å². The van der Waals surface area contributed by atoms with E-state index >= 15 is 0 Å². The van der Waals surface area contributed by atoms with Gasteiger partial charge in [0.2, 0.25) is 0 Å². The molecule has 1 aliphatic rings. The van der Waals surface area contributed by atoms with Gasteiger partial charge in [-0.25, -0.2) is 0 Å². The van der Waals surface area contributed by atoms with Gasteiger partial charge in [0.1, 0.15) is 5.75 Å². The highest BCUT2D eigenvalue weighted by Gasteiger charge is 2.44. The topological polar surface area (TPSA) is 55.5 Å². The summed E-state index contributed by atoms with van der Waals surface area (Å²) in [6.45, 7) is 5.00. The molecule has 1 atom stereocenters. The summed E-state index contributed by atoms with van der Waals surface area (Å²) < 4.78 is 5.38. The Morgan fingerprint density at radius 2 is 1.90 bits per heavy atom. The second-order valence-corrected chi connectivity index (χ2v) is 7.40. The maximum absolute atomic E-state index is 11.0. The van der Waals surface area contributed by atoms with Gasteiger partial charge in [0.25, 0.3) is 0 Å². The van der Waals surface area contributed by atoms with Crippen LogP contribution >= 0.6 is 11.6 Å². The Kier molecular flexibility index (Phi) is 4.86. The first kappa shape index (κ1) is 16.6. The molecule has 118 valence electrons. The molecule has 0 bridgehead atoms. The number of aliphatic hydroxyl groups is 1. The number of rotatable bonds is 4. The summed E-state index contributed by atoms with van der Waals surface area (Å²) in [6.07, 6.45) is 3.25. The minimum absolute atomic E-state index is 0.312. The second-order valence-electron chi connectivity index (χ2n) is 6.99. The van der Waals surface area contributed by atoms with E-state index in [9.17, 15) is 5.11 Å². The van der Waals surface area contributed by atoms with Gasteiger partial charge in [0, 0.05) is 17.5 Å². The van der Waals surface area contributed by atoms with Crippen molar-refractivity contribution in [1.82, 2.24) is 0 Å². The number of methoxy groups -OCH3 is 1. The molecule has 0 aromatic heterocycles. The number of nitrogens with two attached hydrogens (primary N) is 1. The van der Waals surface area contributed by atoms with Crippen LogP contribution in [0.2, 0.25) is 5.02 Å². The summed E-state index contributed by atoms with van der Waals surface area (Å²) in [5.41, 5.74) is 6.75. The van der Waals surface area contributed by atoms with Crippen LogP contribution in [0.1, 0.15) is 51.2 Å². The molecule has 1 aliphatic carbocycles. The molecule has 0 amide bonds. The molecule has 0 heterocycles. The number of hydrogen-bond donors (Lipinski definition) is 2. The quantitative estimate of drug-likeness (QED) is 0.886. The second kappa shape index (κ2) is 6.15. The van der Waals surface area contributed by atoms with E-state index in [2.05, 4.69) is 13.8 Å². The van der Waals surface area contributed by atoms with E-state index in [0.29, 0.717) is 28.3 Å². The van der Waals surface area contributed by atoms with Crippen molar-refractivity contribution >= 4 is 11.6 Å². The molecule has 3 nitrogen and oxygen atoms in total. The summed E-state index contributed by atoms with van der Waals surface area (Å²) in [7, 11) is 1.60.